The fourth-order valence-corrected chi connectivity index (χ4v) is 7.03. The van der Waals surface area contributed by atoms with E-state index in [9.17, 15) is 24.2 Å². The van der Waals surface area contributed by atoms with Crippen LogP contribution in [0.4, 0.5) is 0 Å². The Morgan fingerprint density at radius 1 is 0.581 bits per heavy atom. The Labute approximate surface area is 377 Å². The van der Waals surface area contributed by atoms with Crippen molar-refractivity contribution in [1.29, 1.82) is 0 Å². The van der Waals surface area contributed by atoms with E-state index < -0.39 is 38.6 Å². The van der Waals surface area contributed by atoms with Crippen LogP contribution in [0.25, 0.3) is 0 Å². The molecule has 0 aliphatic rings. The highest BCUT2D eigenvalue weighted by Gasteiger charge is 2.26. The first-order valence-corrected chi connectivity index (χ1v) is 25.7. The SMILES string of the molecule is CC/C=C\C/C=C\C/C=C\C/C=C\C=C/C(O)C/C=C\CCC(=O)O[C@H](COC(=O)CCCCCCCCCCCCC/C=C\CCCCCCCC)COP(=O)(O)OCCN. The van der Waals surface area contributed by atoms with Gasteiger partial charge in [-0.15, -0.1) is 0 Å². The number of unbranched alkanes of at least 4 members (excludes halogenated alkanes) is 17. The van der Waals surface area contributed by atoms with Gasteiger partial charge in [-0.2, -0.15) is 0 Å². The number of rotatable bonds is 44. The van der Waals surface area contributed by atoms with Gasteiger partial charge in [-0.1, -0.05) is 189 Å². The van der Waals surface area contributed by atoms with E-state index in [4.69, 9.17) is 24.3 Å². The molecule has 0 heterocycles. The van der Waals surface area contributed by atoms with Crippen LogP contribution in [0, 0.1) is 0 Å². The number of nitrogens with two attached hydrogens (primary N) is 1. The summed E-state index contributed by atoms with van der Waals surface area (Å²) in [6.45, 7) is 3.41. The van der Waals surface area contributed by atoms with Crippen molar-refractivity contribution in [1.82, 2.24) is 0 Å². The number of phosphoric ester groups is 1. The van der Waals surface area contributed by atoms with Gasteiger partial charge in [-0.05, 0) is 70.6 Å². The van der Waals surface area contributed by atoms with Gasteiger partial charge in [-0.3, -0.25) is 18.6 Å². The molecule has 356 valence electrons. The Morgan fingerprint density at radius 2 is 1.11 bits per heavy atom. The van der Waals surface area contributed by atoms with Gasteiger partial charge in [0.15, 0.2) is 6.10 Å². The third-order valence-corrected chi connectivity index (χ3v) is 10.8. The third-order valence-electron chi connectivity index (χ3n) is 9.86. The topological polar surface area (TPSA) is 155 Å². The van der Waals surface area contributed by atoms with Crippen molar-refractivity contribution in [2.75, 3.05) is 26.4 Å². The van der Waals surface area contributed by atoms with Gasteiger partial charge in [0.1, 0.15) is 6.61 Å². The number of hydrogen-bond acceptors (Lipinski definition) is 9. The maximum Gasteiger partial charge on any atom is 0.472 e. The summed E-state index contributed by atoms with van der Waals surface area (Å²) in [4.78, 5) is 35.0. The van der Waals surface area contributed by atoms with Gasteiger partial charge in [-0.25, -0.2) is 4.57 Å². The molecule has 2 unspecified atom stereocenters. The quantitative estimate of drug-likeness (QED) is 0.0177. The zero-order valence-corrected chi connectivity index (χ0v) is 39.8. The number of esters is 2. The van der Waals surface area contributed by atoms with Crippen molar-refractivity contribution in [2.24, 2.45) is 5.73 Å². The third kappa shape index (κ3) is 45.2. The second-order valence-corrected chi connectivity index (χ2v) is 17.2. The maximum atomic E-state index is 12.6. The highest BCUT2D eigenvalue weighted by Crippen LogP contribution is 2.43. The standard InChI is InChI=1S/C51H88NO9P/c1-3-5-7-9-11-13-15-17-18-19-20-21-22-23-24-26-28-30-32-34-38-42-50(54)58-46-49(47-60-62(56,57)59-45-44-52)61-51(55)43-39-35-37-41-48(53)40-36-33-31-29-27-25-16-14-12-10-8-6-4-2/h6,8,12,14,17-18,25,27,31,33,35-37,40,48-49,53H,3-5,7,9-11,13,15-16,19-24,26,28-30,32,34,38-39,41-47,52H2,1-2H3,(H,56,57)/b8-6-,14-12-,18-17-,27-25-,33-31-,37-35-,40-36-/t48?,49-/m1/s1. The zero-order chi connectivity index (χ0) is 45.5. The molecule has 3 atom stereocenters. The van der Waals surface area contributed by atoms with E-state index in [1.165, 1.54) is 96.3 Å². The van der Waals surface area contributed by atoms with Crippen LogP contribution in [-0.2, 0) is 32.7 Å². The van der Waals surface area contributed by atoms with Gasteiger partial charge in [0, 0.05) is 19.4 Å². The Morgan fingerprint density at radius 3 is 1.69 bits per heavy atom. The van der Waals surface area contributed by atoms with Gasteiger partial charge in [0.2, 0.25) is 0 Å². The molecule has 0 radical (unpaired) electrons. The number of aliphatic hydroxyl groups excluding tert-OH is 1. The van der Waals surface area contributed by atoms with E-state index in [0.717, 1.165) is 44.9 Å². The average molecular weight is 890 g/mol. The lowest BCUT2D eigenvalue weighted by atomic mass is 10.0. The number of carbonyl (C=O) groups excluding carboxylic acids is 2. The molecule has 0 bridgehead atoms. The second-order valence-electron chi connectivity index (χ2n) is 15.8. The highest BCUT2D eigenvalue weighted by atomic mass is 31.2. The van der Waals surface area contributed by atoms with Crippen molar-refractivity contribution in [3.05, 3.63) is 85.1 Å². The van der Waals surface area contributed by atoms with Crippen LogP contribution in [-0.4, -0.2) is 60.5 Å². The first-order chi connectivity index (χ1) is 30.2. The molecule has 10 nitrogen and oxygen atoms in total. The van der Waals surface area contributed by atoms with E-state index in [-0.39, 0.29) is 32.6 Å². The minimum absolute atomic E-state index is 0.0204. The molecule has 0 spiro atoms. The first kappa shape index (κ1) is 59.1. The molecule has 4 N–H and O–H groups in total. The van der Waals surface area contributed by atoms with Crippen LogP contribution in [0.15, 0.2) is 85.1 Å². The summed E-state index contributed by atoms with van der Waals surface area (Å²) in [5.74, 6) is -1.01. The molecule has 0 saturated heterocycles. The largest absolute Gasteiger partial charge is 0.472 e. The van der Waals surface area contributed by atoms with Gasteiger partial charge >= 0.3 is 19.8 Å². The van der Waals surface area contributed by atoms with Crippen molar-refractivity contribution >= 4 is 19.8 Å². The van der Waals surface area contributed by atoms with E-state index in [0.29, 0.717) is 19.3 Å². The predicted octanol–water partition coefficient (Wildman–Crippen LogP) is 13.4. The summed E-state index contributed by atoms with van der Waals surface area (Å²) in [6, 6.07) is 0. The van der Waals surface area contributed by atoms with E-state index in [2.05, 4.69) is 62.5 Å². The van der Waals surface area contributed by atoms with Crippen LogP contribution < -0.4 is 5.73 Å². The highest BCUT2D eigenvalue weighted by molar-refractivity contribution is 7.47. The summed E-state index contributed by atoms with van der Waals surface area (Å²) in [5.41, 5.74) is 5.35. The number of ether oxygens (including phenoxy) is 2. The molecule has 0 amide bonds. The van der Waals surface area contributed by atoms with Crippen LogP contribution in [0.5, 0.6) is 0 Å². The molecule has 62 heavy (non-hydrogen) atoms. The maximum absolute atomic E-state index is 12.6. The van der Waals surface area contributed by atoms with Crippen molar-refractivity contribution in [2.45, 2.75) is 199 Å². The molecule has 0 aliphatic carbocycles. The Balaban J connectivity index is 4.28. The monoisotopic (exact) mass is 890 g/mol. The molecule has 0 rings (SSSR count). The van der Waals surface area contributed by atoms with Crippen molar-refractivity contribution in [3.8, 4) is 0 Å². The number of aliphatic hydroxyl groups is 1. The van der Waals surface area contributed by atoms with Crippen LogP contribution in [0.1, 0.15) is 187 Å². The summed E-state index contributed by atoms with van der Waals surface area (Å²) in [5, 5.41) is 10.2. The lowest BCUT2D eigenvalue weighted by Crippen LogP contribution is -2.29. The fraction of sp³-hybridized carbons (Fsp3) is 0.686. The van der Waals surface area contributed by atoms with Gasteiger partial charge in [0.25, 0.3) is 0 Å². The van der Waals surface area contributed by atoms with Crippen LogP contribution in [0.2, 0.25) is 0 Å². The predicted molar refractivity (Wildman–Crippen MR) is 258 cm³/mol. The second kappa shape index (κ2) is 46.2. The summed E-state index contributed by atoms with van der Waals surface area (Å²) in [7, 11) is -4.43. The molecular weight excluding hydrogens is 802 g/mol. The first-order valence-electron chi connectivity index (χ1n) is 24.2. The van der Waals surface area contributed by atoms with Crippen LogP contribution >= 0.6 is 7.82 Å². The normalized spacial score (nSPS) is 14.5. The van der Waals surface area contributed by atoms with Crippen molar-refractivity contribution in [3.63, 3.8) is 0 Å². The Hall–Kier alpha value is -2.85. The number of carbonyl (C=O) groups is 2. The number of phosphoric acid groups is 1. The Bertz CT molecular complexity index is 1310. The molecule has 0 saturated carbocycles. The molecule has 0 aromatic carbocycles. The molecule has 0 aromatic heterocycles. The van der Waals surface area contributed by atoms with E-state index >= 15 is 0 Å². The van der Waals surface area contributed by atoms with Crippen LogP contribution in [0.3, 0.4) is 0 Å². The lowest BCUT2D eigenvalue weighted by molar-refractivity contribution is -0.161. The fourth-order valence-electron chi connectivity index (χ4n) is 6.27. The minimum Gasteiger partial charge on any atom is -0.462 e. The summed E-state index contributed by atoms with van der Waals surface area (Å²) >= 11 is 0. The summed E-state index contributed by atoms with van der Waals surface area (Å²) in [6.07, 6.45) is 55.1. The van der Waals surface area contributed by atoms with Gasteiger partial charge in [0.05, 0.1) is 19.3 Å². The molecule has 0 aliphatic heterocycles. The molecular formula is C51H88NO9P. The molecule has 0 aromatic rings. The van der Waals surface area contributed by atoms with E-state index in [1.807, 2.05) is 18.2 Å². The lowest BCUT2D eigenvalue weighted by Gasteiger charge is -2.19. The van der Waals surface area contributed by atoms with E-state index in [1.54, 1.807) is 18.2 Å². The number of allylic oxidation sites excluding steroid dienone is 12. The van der Waals surface area contributed by atoms with Crippen molar-refractivity contribution < 1.29 is 42.7 Å². The zero-order valence-electron chi connectivity index (χ0n) is 38.9. The summed E-state index contributed by atoms with van der Waals surface area (Å²) < 4.78 is 32.7. The number of hydrogen-bond donors (Lipinski definition) is 3. The molecule has 0 fully saturated rings. The Kier molecular flexibility index (Phi) is 44.0. The molecule has 11 heteroatoms. The average Bonchev–Trinajstić information content (AvgIpc) is 3.25. The smallest absolute Gasteiger partial charge is 0.462 e. The minimum atomic E-state index is -4.43. The van der Waals surface area contributed by atoms with Gasteiger partial charge < -0.3 is 25.2 Å².